The molecule has 0 aromatic heterocycles. The molecule has 0 radical (unpaired) electrons. The molecule has 0 heterocycles. The summed E-state index contributed by atoms with van der Waals surface area (Å²) in [6.07, 6.45) is 30.9. The average molecular weight is 459 g/mol. The van der Waals surface area contributed by atoms with E-state index in [9.17, 15) is 0 Å². The molecule has 0 saturated carbocycles. The SMILES string of the molecule is CCCCCCCCCCCCCCCCCCCCCCC.[CsH]. The Hall–Kier alpha value is 2.05. The summed E-state index contributed by atoms with van der Waals surface area (Å²) in [6, 6.07) is 0. The summed E-state index contributed by atoms with van der Waals surface area (Å²) in [5.74, 6) is 0. The van der Waals surface area contributed by atoms with E-state index in [1.807, 2.05) is 0 Å². The van der Waals surface area contributed by atoms with Crippen molar-refractivity contribution in [2.75, 3.05) is 0 Å². The van der Waals surface area contributed by atoms with Gasteiger partial charge in [0.2, 0.25) is 0 Å². The molecule has 0 N–H and O–H groups in total. The monoisotopic (exact) mass is 458 g/mol. The number of unbranched alkanes of at least 4 members (excludes halogenated alkanes) is 20. The summed E-state index contributed by atoms with van der Waals surface area (Å²) in [5, 5.41) is 0. The minimum atomic E-state index is 0. The Kier molecular flexibility index (Phi) is 32.1. The van der Waals surface area contributed by atoms with Gasteiger partial charge in [0, 0.05) is 0 Å². The molecule has 0 rings (SSSR count). The van der Waals surface area contributed by atoms with Crippen molar-refractivity contribution < 1.29 is 0 Å². The van der Waals surface area contributed by atoms with Gasteiger partial charge in [-0.25, -0.2) is 0 Å². The Bertz CT molecular complexity index is 170. The van der Waals surface area contributed by atoms with Gasteiger partial charge in [0.1, 0.15) is 0 Å². The van der Waals surface area contributed by atoms with Gasteiger partial charge >= 0.3 is 68.9 Å². The van der Waals surface area contributed by atoms with Crippen molar-refractivity contribution in [2.24, 2.45) is 0 Å². The van der Waals surface area contributed by atoms with Crippen LogP contribution in [0.2, 0.25) is 0 Å². The molecule has 24 heavy (non-hydrogen) atoms. The van der Waals surface area contributed by atoms with Crippen LogP contribution in [0.5, 0.6) is 0 Å². The summed E-state index contributed by atoms with van der Waals surface area (Å²) in [7, 11) is 0. The molecule has 0 bridgehead atoms. The van der Waals surface area contributed by atoms with Crippen LogP contribution in [0.25, 0.3) is 0 Å². The van der Waals surface area contributed by atoms with Crippen LogP contribution in [-0.2, 0) is 0 Å². The van der Waals surface area contributed by atoms with Gasteiger partial charge in [0.15, 0.2) is 0 Å². The Balaban J connectivity index is 0. The molecule has 0 aliphatic carbocycles. The molecule has 0 saturated heterocycles. The van der Waals surface area contributed by atoms with E-state index in [1.54, 1.807) is 0 Å². The second-order valence-corrected chi connectivity index (χ2v) is 7.72. The maximum absolute atomic E-state index is 2.30. The molecular formula is C23H49Cs. The van der Waals surface area contributed by atoms with E-state index in [0.29, 0.717) is 0 Å². The third-order valence-electron chi connectivity index (χ3n) is 5.21. The minimum absolute atomic E-state index is 0. The first kappa shape index (κ1) is 28.3. The Morgan fingerprint density at radius 1 is 0.250 bits per heavy atom. The van der Waals surface area contributed by atoms with E-state index in [0.717, 1.165) is 0 Å². The number of hydrogen-bond acceptors (Lipinski definition) is 0. The molecule has 0 unspecified atom stereocenters. The molecule has 0 aromatic carbocycles. The molecule has 0 atom stereocenters. The predicted molar refractivity (Wildman–Crippen MR) is 115 cm³/mol. The van der Waals surface area contributed by atoms with E-state index in [-0.39, 0.29) is 68.9 Å². The zero-order valence-electron chi connectivity index (χ0n) is 16.8. The molecular weight excluding hydrogens is 409 g/mol. The fraction of sp³-hybridized carbons (Fsp3) is 1.00. The number of hydrogen-bond donors (Lipinski definition) is 0. The van der Waals surface area contributed by atoms with E-state index in [1.165, 1.54) is 135 Å². The summed E-state index contributed by atoms with van der Waals surface area (Å²) < 4.78 is 0. The third kappa shape index (κ3) is 26.3. The first-order chi connectivity index (χ1) is 11.4. The maximum atomic E-state index is 2.30. The van der Waals surface area contributed by atoms with E-state index in [4.69, 9.17) is 0 Å². The summed E-state index contributed by atoms with van der Waals surface area (Å²) in [5.41, 5.74) is 0. The van der Waals surface area contributed by atoms with Crippen molar-refractivity contribution in [3.8, 4) is 0 Å². The third-order valence-corrected chi connectivity index (χ3v) is 5.21. The van der Waals surface area contributed by atoms with Crippen molar-refractivity contribution in [3.05, 3.63) is 0 Å². The molecule has 0 aromatic rings. The van der Waals surface area contributed by atoms with Crippen molar-refractivity contribution in [3.63, 3.8) is 0 Å². The van der Waals surface area contributed by atoms with E-state index < -0.39 is 0 Å². The van der Waals surface area contributed by atoms with Gasteiger partial charge in [-0.1, -0.05) is 149 Å². The molecule has 142 valence electrons. The van der Waals surface area contributed by atoms with Crippen LogP contribution in [-0.4, -0.2) is 68.9 Å². The van der Waals surface area contributed by atoms with Gasteiger partial charge < -0.3 is 0 Å². The quantitative estimate of drug-likeness (QED) is 0.160. The van der Waals surface area contributed by atoms with Crippen LogP contribution < -0.4 is 0 Å². The van der Waals surface area contributed by atoms with Crippen molar-refractivity contribution in [1.29, 1.82) is 0 Å². The molecule has 0 fully saturated rings. The van der Waals surface area contributed by atoms with Gasteiger partial charge in [-0.15, -0.1) is 0 Å². The number of rotatable bonds is 20. The van der Waals surface area contributed by atoms with E-state index in [2.05, 4.69) is 13.8 Å². The van der Waals surface area contributed by atoms with Gasteiger partial charge in [-0.3, -0.25) is 0 Å². The summed E-state index contributed by atoms with van der Waals surface area (Å²) in [6.45, 7) is 4.60. The first-order valence-electron chi connectivity index (χ1n) is 11.4. The van der Waals surface area contributed by atoms with Gasteiger partial charge in [-0.2, -0.15) is 0 Å². The summed E-state index contributed by atoms with van der Waals surface area (Å²) >= 11 is 0. The fourth-order valence-electron chi connectivity index (χ4n) is 3.51. The van der Waals surface area contributed by atoms with Crippen LogP contribution in [0.15, 0.2) is 0 Å². The Morgan fingerprint density at radius 3 is 0.500 bits per heavy atom. The van der Waals surface area contributed by atoms with Gasteiger partial charge in [0.25, 0.3) is 0 Å². The molecule has 0 spiro atoms. The molecule has 1 heteroatoms. The first-order valence-corrected chi connectivity index (χ1v) is 11.4. The second-order valence-electron chi connectivity index (χ2n) is 7.72. The topological polar surface area (TPSA) is 0 Å². The Morgan fingerprint density at radius 2 is 0.375 bits per heavy atom. The predicted octanol–water partition coefficient (Wildman–Crippen LogP) is 8.57. The van der Waals surface area contributed by atoms with Crippen LogP contribution in [0.3, 0.4) is 0 Å². The van der Waals surface area contributed by atoms with Crippen LogP contribution in [0.1, 0.15) is 149 Å². The standard InChI is InChI=1S/C23H48.Cs.H/c1-3-5-7-9-11-13-15-17-19-21-23-22-20-18-16-14-12-10-8-6-4-2;;/h3-23H2,1-2H3;;. The molecule has 0 aliphatic rings. The zero-order valence-corrected chi connectivity index (χ0v) is 16.8. The Labute approximate surface area is 214 Å². The zero-order chi connectivity index (χ0) is 16.8. The van der Waals surface area contributed by atoms with Crippen LogP contribution in [0, 0.1) is 0 Å². The van der Waals surface area contributed by atoms with Gasteiger partial charge in [0.05, 0.1) is 0 Å². The second kappa shape index (κ2) is 27.3. The van der Waals surface area contributed by atoms with Gasteiger partial charge in [-0.05, 0) is 0 Å². The average Bonchev–Trinajstić information content (AvgIpc) is 2.57. The van der Waals surface area contributed by atoms with Crippen molar-refractivity contribution in [1.82, 2.24) is 0 Å². The van der Waals surface area contributed by atoms with Crippen LogP contribution >= 0.6 is 0 Å². The fourth-order valence-corrected chi connectivity index (χ4v) is 3.51. The van der Waals surface area contributed by atoms with Crippen LogP contribution in [0.4, 0.5) is 0 Å². The molecule has 0 nitrogen and oxygen atoms in total. The molecule has 0 aliphatic heterocycles. The van der Waals surface area contributed by atoms with Crippen molar-refractivity contribution in [2.45, 2.75) is 149 Å². The van der Waals surface area contributed by atoms with Crippen molar-refractivity contribution >= 4 is 68.9 Å². The van der Waals surface area contributed by atoms with E-state index >= 15 is 0 Å². The summed E-state index contributed by atoms with van der Waals surface area (Å²) in [4.78, 5) is 0. The normalized spacial score (nSPS) is 10.8. The molecule has 0 amide bonds.